The Bertz CT molecular complexity index is 1290. The van der Waals surface area contributed by atoms with Crippen LogP contribution in [0.5, 0.6) is 0 Å². The Balaban J connectivity index is 1.63. The molecule has 8 heteroatoms. The van der Waals surface area contributed by atoms with Gasteiger partial charge in [-0.25, -0.2) is 14.1 Å². The average Bonchev–Trinajstić information content (AvgIpc) is 3.17. The molecule has 1 aliphatic rings. The van der Waals surface area contributed by atoms with E-state index in [1.165, 1.54) is 53.4 Å². The summed E-state index contributed by atoms with van der Waals surface area (Å²) in [6, 6.07) is 17.5. The van der Waals surface area contributed by atoms with Crippen molar-refractivity contribution in [2.24, 2.45) is 0 Å². The van der Waals surface area contributed by atoms with Gasteiger partial charge in [-0.3, -0.25) is 14.4 Å². The van der Waals surface area contributed by atoms with Crippen LogP contribution in [0.2, 0.25) is 0 Å². The number of nitrogens with zero attached hydrogens (tertiary/aromatic N) is 2. The van der Waals surface area contributed by atoms with Gasteiger partial charge in [0.2, 0.25) is 5.91 Å². The lowest BCUT2D eigenvalue weighted by Gasteiger charge is -2.28. The first kappa shape index (κ1) is 24.8. The van der Waals surface area contributed by atoms with Gasteiger partial charge in [0.25, 0.3) is 11.8 Å². The molecule has 1 aliphatic heterocycles. The van der Waals surface area contributed by atoms with Gasteiger partial charge in [0.1, 0.15) is 11.9 Å². The first-order valence-corrected chi connectivity index (χ1v) is 11.5. The van der Waals surface area contributed by atoms with Crippen LogP contribution in [0.15, 0.2) is 72.8 Å². The molecule has 3 aromatic carbocycles. The maximum Gasteiger partial charge on any atom is 0.338 e. The van der Waals surface area contributed by atoms with Crippen LogP contribution in [0, 0.1) is 12.7 Å². The number of carbonyl (C=O) groups excluding carboxylic acids is 4. The van der Waals surface area contributed by atoms with Gasteiger partial charge in [-0.15, -0.1) is 0 Å². The summed E-state index contributed by atoms with van der Waals surface area (Å²) in [7, 11) is 0. The van der Waals surface area contributed by atoms with Crippen LogP contribution < -0.4 is 4.90 Å². The van der Waals surface area contributed by atoms with E-state index >= 15 is 0 Å². The summed E-state index contributed by atoms with van der Waals surface area (Å²) in [5.74, 6) is -2.49. The number of halogens is 1. The van der Waals surface area contributed by atoms with Crippen molar-refractivity contribution in [3.63, 3.8) is 0 Å². The second-order valence-corrected chi connectivity index (χ2v) is 8.48. The minimum Gasteiger partial charge on any atom is -0.462 e. The number of esters is 1. The van der Waals surface area contributed by atoms with Crippen molar-refractivity contribution in [3.05, 3.63) is 101 Å². The Morgan fingerprint density at radius 3 is 2.17 bits per heavy atom. The quantitative estimate of drug-likeness (QED) is 0.366. The second kappa shape index (κ2) is 10.5. The monoisotopic (exact) mass is 488 g/mol. The topological polar surface area (TPSA) is 84.0 Å². The molecular weight excluding hydrogens is 463 g/mol. The number of hydrogen-bond donors (Lipinski definition) is 0. The highest BCUT2D eigenvalue weighted by Crippen LogP contribution is 2.28. The van der Waals surface area contributed by atoms with Gasteiger partial charge in [0.05, 0.1) is 24.3 Å². The maximum absolute atomic E-state index is 13.5. The van der Waals surface area contributed by atoms with E-state index in [1.807, 2.05) is 31.2 Å². The molecule has 7 nitrogen and oxygen atoms in total. The number of hydrogen-bond acceptors (Lipinski definition) is 5. The Morgan fingerprint density at radius 2 is 1.56 bits per heavy atom. The van der Waals surface area contributed by atoms with Gasteiger partial charge in [-0.2, -0.15) is 0 Å². The third kappa shape index (κ3) is 5.17. The molecule has 1 atom stereocenters. The summed E-state index contributed by atoms with van der Waals surface area (Å²) in [6.07, 6.45) is -0.197. The maximum atomic E-state index is 13.5. The van der Waals surface area contributed by atoms with Gasteiger partial charge in [-0.1, -0.05) is 29.8 Å². The fourth-order valence-electron chi connectivity index (χ4n) is 4.06. The molecule has 3 aromatic rings. The number of anilines is 1. The summed E-state index contributed by atoms with van der Waals surface area (Å²) in [5.41, 5.74) is 2.63. The van der Waals surface area contributed by atoms with Gasteiger partial charge in [0.15, 0.2) is 0 Å². The first-order chi connectivity index (χ1) is 17.3. The van der Waals surface area contributed by atoms with E-state index in [-0.39, 0.29) is 25.1 Å². The van der Waals surface area contributed by atoms with Crippen LogP contribution in [-0.2, 0) is 20.9 Å². The number of carbonyl (C=O) groups is 4. The van der Waals surface area contributed by atoms with Crippen LogP contribution >= 0.6 is 0 Å². The number of rotatable bonds is 7. The second-order valence-electron chi connectivity index (χ2n) is 8.48. The summed E-state index contributed by atoms with van der Waals surface area (Å²) in [5, 5.41) is 0. The lowest BCUT2D eigenvalue weighted by molar-refractivity contribution is -0.122. The van der Waals surface area contributed by atoms with Crippen LogP contribution in [0.25, 0.3) is 0 Å². The molecule has 0 saturated carbocycles. The van der Waals surface area contributed by atoms with E-state index in [1.54, 1.807) is 6.92 Å². The minimum atomic E-state index is -1.04. The molecule has 1 saturated heterocycles. The molecule has 36 heavy (non-hydrogen) atoms. The van der Waals surface area contributed by atoms with Crippen LogP contribution in [0.3, 0.4) is 0 Å². The zero-order valence-electron chi connectivity index (χ0n) is 19.9. The molecule has 0 spiro atoms. The number of imide groups is 1. The van der Waals surface area contributed by atoms with Crippen molar-refractivity contribution in [3.8, 4) is 0 Å². The average molecular weight is 489 g/mol. The fraction of sp³-hybridized carbons (Fsp3) is 0.214. The van der Waals surface area contributed by atoms with Crippen LogP contribution in [-0.4, -0.2) is 41.2 Å². The lowest BCUT2D eigenvalue weighted by Crippen LogP contribution is -2.45. The van der Waals surface area contributed by atoms with Gasteiger partial charge >= 0.3 is 5.97 Å². The minimum absolute atomic E-state index is 0.0931. The standard InChI is InChI=1S/C28H25FN2O5/c1-3-36-28(35)21-10-14-23(15-11-21)31-25(32)16-24(27(31)34)30(17-19-6-4-18(2)5-7-19)26(33)20-8-12-22(29)13-9-20/h4-15,24H,3,16-17H2,1-2H3. The third-order valence-electron chi connectivity index (χ3n) is 5.96. The Hall–Kier alpha value is -4.33. The molecule has 1 unspecified atom stereocenters. The molecule has 0 bridgehead atoms. The highest BCUT2D eigenvalue weighted by molar-refractivity contribution is 6.23. The predicted molar refractivity (Wildman–Crippen MR) is 131 cm³/mol. The largest absolute Gasteiger partial charge is 0.462 e. The molecule has 1 fully saturated rings. The first-order valence-electron chi connectivity index (χ1n) is 11.5. The van der Waals surface area contributed by atoms with Crippen LogP contribution in [0.1, 0.15) is 45.2 Å². The summed E-state index contributed by atoms with van der Waals surface area (Å²) >= 11 is 0. The van der Waals surface area contributed by atoms with E-state index in [0.29, 0.717) is 11.3 Å². The van der Waals surface area contributed by atoms with E-state index in [9.17, 15) is 23.6 Å². The molecule has 1 heterocycles. The van der Waals surface area contributed by atoms with Crippen molar-refractivity contribution >= 4 is 29.4 Å². The molecule has 3 amide bonds. The van der Waals surface area contributed by atoms with Gasteiger partial charge in [-0.05, 0) is 67.9 Å². The Morgan fingerprint density at radius 1 is 0.944 bits per heavy atom. The SMILES string of the molecule is CCOC(=O)c1ccc(N2C(=O)CC(N(Cc3ccc(C)cc3)C(=O)c3ccc(F)cc3)C2=O)cc1. The van der Waals surface area contributed by atoms with E-state index in [2.05, 4.69) is 0 Å². The number of benzene rings is 3. The zero-order chi connectivity index (χ0) is 25.8. The summed E-state index contributed by atoms with van der Waals surface area (Å²) in [6.45, 7) is 3.96. The molecule has 0 aliphatic carbocycles. The molecular formula is C28H25FN2O5. The lowest BCUT2D eigenvalue weighted by atomic mass is 10.1. The van der Waals surface area contributed by atoms with Crippen molar-refractivity contribution in [2.45, 2.75) is 32.9 Å². The third-order valence-corrected chi connectivity index (χ3v) is 5.96. The van der Waals surface area contributed by atoms with E-state index < -0.39 is 35.5 Å². The van der Waals surface area contributed by atoms with Crippen molar-refractivity contribution in [2.75, 3.05) is 11.5 Å². The molecule has 4 rings (SSSR count). The highest BCUT2D eigenvalue weighted by Gasteiger charge is 2.44. The molecule has 0 radical (unpaired) electrons. The Labute approximate surface area is 208 Å². The molecule has 0 N–H and O–H groups in total. The number of amides is 3. The Kier molecular flexibility index (Phi) is 7.24. The molecule has 184 valence electrons. The van der Waals surface area contributed by atoms with Gasteiger partial charge < -0.3 is 9.64 Å². The highest BCUT2D eigenvalue weighted by atomic mass is 19.1. The normalized spacial score (nSPS) is 15.2. The predicted octanol–water partition coefficient (Wildman–Crippen LogP) is 4.29. The molecule has 0 aromatic heterocycles. The summed E-state index contributed by atoms with van der Waals surface area (Å²) < 4.78 is 18.4. The van der Waals surface area contributed by atoms with E-state index in [0.717, 1.165) is 16.0 Å². The summed E-state index contributed by atoms with van der Waals surface area (Å²) in [4.78, 5) is 54.2. The number of aryl methyl sites for hydroxylation is 1. The smallest absolute Gasteiger partial charge is 0.338 e. The van der Waals surface area contributed by atoms with E-state index in [4.69, 9.17) is 4.74 Å². The van der Waals surface area contributed by atoms with Crippen molar-refractivity contribution in [1.82, 2.24) is 4.90 Å². The fourth-order valence-corrected chi connectivity index (χ4v) is 4.06. The number of ether oxygens (including phenoxy) is 1. The zero-order valence-corrected chi connectivity index (χ0v) is 19.9. The van der Waals surface area contributed by atoms with Crippen molar-refractivity contribution in [1.29, 1.82) is 0 Å². The van der Waals surface area contributed by atoms with Crippen molar-refractivity contribution < 1.29 is 28.3 Å². The van der Waals surface area contributed by atoms with Gasteiger partial charge in [0, 0.05) is 12.1 Å². The van der Waals surface area contributed by atoms with Crippen LogP contribution in [0.4, 0.5) is 10.1 Å².